The van der Waals surface area contributed by atoms with Crippen LogP contribution in [0.3, 0.4) is 0 Å². The zero-order valence-corrected chi connectivity index (χ0v) is 13.3. The maximum atomic E-state index is 11.9. The van der Waals surface area contributed by atoms with E-state index < -0.39 is 0 Å². The standard InChI is InChI=1S/C17H21ClN2O/c1-11(2)7-16(21)20-10-17(5-6-17)14-9-19-15-4-3-12(18)8-13(14)15/h3-4,8-9,11,19H,5-7,10H2,1-2H3,(H,20,21). The number of fused-ring (bicyclic) bond motifs is 1. The molecule has 1 heterocycles. The molecule has 1 amide bonds. The van der Waals surface area contributed by atoms with E-state index in [-0.39, 0.29) is 11.3 Å². The molecule has 112 valence electrons. The quantitative estimate of drug-likeness (QED) is 0.861. The Kier molecular flexibility index (Phi) is 3.70. The van der Waals surface area contributed by atoms with E-state index in [1.165, 1.54) is 10.9 Å². The van der Waals surface area contributed by atoms with Gasteiger partial charge in [-0.15, -0.1) is 0 Å². The van der Waals surface area contributed by atoms with E-state index in [2.05, 4.69) is 30.3 Å². The average Bonchev–Trinajstić information content (AvgIpc) is 3.09. The van der Waals surface area contributed by atoms with E-state index >= 15 is 0 Å². The fourth-order valence-electron chi connectivity index (χ4n) is 2.93. The summed E-state index contributed by atoms with van der Waals surface area (Å²) in [6.07, 6.45) is 4.90. The summed E-state index contributed by atoms with van der Waals surface area (Å²) < 4.78 is 0. The van der Waals surface area contributed by atoms with E-state index in [4.69, 9.17) is 11.6 Å². The van der Waals surface area contributed by atoms with Crippen molar-refractivity contribution in [2.75, 3.05) is 6.54 Å². The van der Waals surface area contributed by atoms with Gasteiger partial charge in [0.2, 0.25) is 5.91 Å². The fraction of sp³-hybridized carbons (Fsp3) is 0.471. The monoisotopic (exact) mass is 304 g/mol. The first-order valence-corrected chi connectivity index (χ1v) is 7.92. The molecular weight excluding hydrogens is 284 g/mol. The number of hydrogen-bond acceptors (Lipinski definition) is 1. The first-order chi connectivity index (χ1) is 10.00. The number of H-pyrrole nitrogens is 1. The first-order valence-electron chi connectivity index (χ1n) is 7.54. The van der Waals surface area contributed by atoms with E-state index in [0.717, 1.165) is 29.9 Å². The van der Waals surface area contributed by atoms with Crippen molar-refractivity contribution in [1.82, 2.24) is 10.3 Å². The normalized spacial score (nSPS) is 16.4. The van der Waals surface area contributed by atoms with Crippen molar-refractivity contribution in [2.45, 2.75) is 38.5 Å². The molecule has 0 unspecified atom stereocenters. The summed E-state index contributed by atoms with van der Waals surface area (Å²) in [4.78, 5) is 15.2. The fourth-order valence-corrected chi connectivity index (χ4v) is 3.11. The lowest BCUT2D eigenvalue weighted by Crippen LogP contribution is -2.32. The van der Waals surface area contributed by atoms with E-state index in [9.17, 15) is 4.79 Å². The minimum atomic E-state index is 0.0928. The molecule has 1 aliphatic carbocycles. The maximum absolute atomic E-state index is 11.9. The predicted octanol–water partition coefficient (Wildman–Crippen LogP) is 4.02. The summed E-state index contributed by atoms with van der Waals surface area (Å²) >= 11 is 6.12. The van der Waals surface area contributed by atoms with Gasteiger partial charge in [-0.3, -0.25) is 4.79 Å². The predicted molar refractivity (Wildman–Crippen MR) is 86.7 cm³/mol. The molecule has 1 aliphatic rings. The van der Waals surface area contributed by atoms with Crippen molar-refractivity contribution < 1.29 is 4.79 Å². The minimum Gasteiger partial charge on any atom is -0.361 e. The number of hydrogen-bond donors (Lipinski definition) is 2. The zero-order chi connectivity index (χ0) is 15.0. The van der Waals surface area contributed by atoms with Crippen LogP contribution in [0.25, 0.3) is 10.9 Å². The number of amides is 1. The maximum Gasteiger partial charge on any atom is 0.220 e. The van der Waals surface area contributed by atoms with Crippen molar-refractivity contribution in [1.29, 1.82) is 0 Å². The molecule has 0 saturated heterocycles. The van der Waals surface area contributed by atoms with Gasteiger partial charge in [-0.2, -0.15) is 0 Å². The highest BCUT2D eigenvalue weighted by Crippen LogP contribution is 2.50. The van der Waals surface area contributed by atoms with Crippen LogP contribution in [-0.2, 0) is 10.2 Å². The second-order valence-electron chi connectivity index (χ2n) is 6.55. The number of nitrogens with one attached hydrogen (secondary N) is 2. The topological polar surface area (TPSA) is 44.9 Å². The lowest BCUT2D eigenvalue weighted by atomic mass is 9.95. The van der Waals surface area contributed by atoms with Gasteiger partial charge in [-0.05, 0) is 42.5 Å². The number of benzene rings is 1. The van der Waals surface area contributed by atoms with Crippen molar-refractivity contribution >= 4 is 28.4 Å². The third kappa shape index (κ3) is 2.93. The molecule has 0 aliphatic heterocycles. The van der Waals surface area contributed by atoms with Crippen LogP contribution in [0.15, 0.2) is 24.4 Å². The van der Waals surface area contributed by atoms with Crippen LogP contribution < -0.4 is 5.32 Å². The van der Waals surface area contributed by atoms with Crippen LogP contribution in [0.5, 0.6) is 0 Å². The van der Waals surface area contributed by atoms with E-state index in [1.807, 2.05) is 18.2 Å². The smallest absolute Gasteiger partial charge is 0.220 e. The molecule has 0 radical (unpaired) electrons. The van der Waals surface area contributed by atoms with Crippen LogP contribution in [-0.4, -0.2) is 17.4 Å². The van der Waals surface area contributed by atoms with Gasteiger partial charge < -0.3 is 10.3 Å². The summed E-state index contributed by atoms with van der Waals surface area (Å²) in [6.45, 7) is 4.85. The molecule has 0 bridgehead atoms. The zero-order valence-electron chi connectivity index (χ0n) is 12.5. The summed E-state index contributed by atoms with van der Waals surface area (Å²) in [5.41, 5.74) is 2.48. The Labute approximate surface area is 130 Å². The number of carbonyl (C=O) groups excluding carboxylic acids is 1. The minimum absolute atomic E-state index is 0.0928. The van der Waals surface area contributed by atoms with Crippen molar-refractivity contribution in [3.8, 4) is 0 Å². The van der Waals surface area contributed by atoms with Crippen molar-refractivity contribution in [3.63, 3.8) is 0 Å². The molecule has 2 N–H and O–H groups in total. The molecular formula is C17H21ClN2O. The largest absolute Gasteiger partial charge is 0.361 e. The molecule has 21 heavy (non-hydrogen) atoms. The second-order valence-corrected chi connectivity index (χ2v) is 6.98. The van der Waals surface area contributed by atoms with Gasteiger partial charge in [0.15, 0.2) is 0 Å². The third-order valence-electron chi connectivity index (χ3n) is 4.29. The van der Waals surface area contributed by atoms with Gasteiger partial charge in [0, 0.05) is 40.5 Å². The molecule has 2 aromatic rings. The van der Waals surface area contributed by atoms with E-state index in [1.54, 1.807) is 0 Å². The summed E-state index contributed by atoms with van der Waals surface area (Å²) in [5, 5.41) is 5.03. The average molecular weight is 305 g/mol. The van der Waals surface area contributed by atoms with Crippen LogP contribution in [0.1, 0.15) is 38.7 Å². The lowest BCUT2D eigenvalue weighted by Gasteiger charge is -2.16. The summed E-state index contributed by atoms with van der Waals surface area (Å²) in [7, 11) is 0. The van der Waals surface area contributed by atoms with Gasteiger partial charge in [0.25, 0.3) is 0 Å². The SMILES string of the molecule is CC(C)CC(=O)NCC1(c2c[nH]c3ccc(Cl)cc23)CC1. The van der Waals surface area contributed by atoms with Gasteiger partial charge in [0.1, 0.15) is 0 Å². The molecule has 1 aromatic heterocycles. The van der Waals surface area contributed by atoms with Gasteiger partial charge >= 0.3 is 0 Å². The molecule has 3 nitrogen and oxygen atoms in total. The lowest BCUT2D eigenvalue weighted by molar-refractivity contribution is -0.121. The number of rotatable bonds is 5. The highest BCUT2D eigenvalue weighted by molar-refractivity contribution is 6.31. The van der Waals surface area contributed by atoms with E-state index in [0.29, 0.717) is 12.3 Å². The van der Waals surface area contributed by atoms with Gasteiger partial charge in [-0.25, -0.2) is 0 Å². The molecule has 1 aromatic carbocycles. The second kappa shape index (κ2) is 5.38. The highest BCUT2D eigenvalue weighted by Gasteiger charge is 2.45. The third-order valence-corrected chi connectivity index (χ3v) is 4.52. The molecule has 1 fully saturated rings. The van der Waals surface area contributed by atoms with Crippen molar-refractivity contribution in [3.05, 3.63) is 35.0 Å². The Morgan fingerprint density at radius 1 is 1.43 bits per heavy atom. The Balaban J connectivity index is 1.78. The number of carbonyl (C=O) groups is 1. The molecule has 0 atom stereocenters. The summed E-state index contributed by atoms with van der Waals surface area (Å²) in [6, 6.07) is 5.92. The highest BCUT2D eigenvalue weighted by atomic mass is 35.5. The first kappa shape index (κ1) is 14.5. The number of halogens is 1. The van der Waals surface area contributed by atoms with Gasteiger partial charge in [-0.1, -0.05) is 25.4 Å². The Hall–Kier alpha value is -1.48. The molecule has 0 spiro atoms. The molecule has 1 saturated carbocycles. The number of aromatic nitrogens is 1. The Morgan fingerprint density at radius 3 is 2.86 bits per heavy atom. The van der Waals surface area contributed by atoms with Crippen LogP contribution >= 0.6 is 11.6 Å². The van der Waals surface area contributed by atoms with Crippen LogP contribution in [0.4, 0.5) is 0 Å². The summed E-state index contributed by atoms with van der Waals surface area (Å²) in [5.74, 6) is 0.543. The van der Waals surface area contributed by atoms with Crippen molar-refractivity contribution in [2.24, 2.45) is 5.92 Å². The van der Waals surface area contributed by atoms with Crippen LogP contribution in [0, 0.1) is 5.92 Å². The van der Waals surface area contributed by atoms with Gasteiger partial charge in [0.05, 0.1) is 0 Å². The Morgan fingerprint density at radius 2 is 2.19 bits per heavy atom. The molecule has 3 rings (SSSR count). The Bertz CT molecular complexity index is 670. The molecule has 4 heteroatoms. The number of aromatic amines is 1. The van der Waals surface area contributed by atoms with Crippen LogP contribution in [0.2, 0.25) is 5.02 Å².